The van der Waals surface area contributed by atoms with E-state index in [4.69, 9.17) is 0 Å². The highest BCUT2D eigenvalue weighted by Gasteiger charge is 2.38. The van der Waals surface area contributed by atoms with Crippen LogP contribution in [-0.4, -0.2) is 15.0 Å². The zero-order valence-electron chi connectivity index (χ0n) is 13.3. The van der Waals surface area contributed by atoms with Gasteiger partial charge in [0, 0.05) is 18.2 Å². The molecule has 0 spiro atoms. The van der Waals surface area contributed by atoms with Crippen LogP contribution in [0.25, 0.3) is 0 Å². The lowest BCUT2D eigenvalue weighted by molar-refractivity contribution is 0.586. The van der Waals surface area contributed by atoms with Crippen LogP contribution in [0, 0.1) is 11.8 Å². The van der Waals surface area contributed by atoms with Gasteiger partial charge in [0.25, 0.3) is 10.0 Å². The van der Waals surface area contributed by atoms with E-state index < -0.39 is 10.0 Å². The molecule has 5 heteroatoms. The Kier molecular flexibility index (Phi) is 4.76. The second kappa shape index (κ2) is 6.79. The normalized spacial score (nSPS) is 28.8. The first kappa shape index (κ1) is 16.1. The zero-order valence-corrected chi connectivity index (χ0v) is 14.1. The first-order valence-electron chi connectivity index (χ1n) is 8.29. The molecule has 3 rings (SSSR count). The molecule has 0 radical (unpaired) electrons. The molecule has 0 aromatic heterocycles. The van der Waals surface area contributed by atoms with Crippen LogP contribution in [0.15, 0.2) is 53.6 Å². The summed E-state index contributed by atoms with van der Waals surface area (Å²) in [6.45, 7) is 4.73. The summed E-state index contributed by atoms with van der Waals surface area (Å²) in [6, 6.07) is 7.06. The van der Waals surface area contributed by atoms with Gasteiger partial charge in [0.05, 0.1) is 5.69 Å². The number of anilines is 1. The molecule has 2 atom stereocenters. The largest absolute Gasteiger partial charge is 0.384 e. The van der Waals surface area contributed by atoms with Gasteiger partial charge in [-0.1, -0.05) is 37.3 Å². The smallest absolute Gasteiger partial charge is 0.263 e. The molecule has 0 bridgehead atoms. The summed E-state index contributed by atoms with van der Waals surface area (Å²) in [7, 11) is -3.59. The Morgan fingerprint density at radius 2 is 1.96 bits per heavy atom. The average Bonchev–Trinajstić information content (AvgIpc) is 3.29. The van der Waals surface area contributed by atoms with Gasteiger partial charge in [-0.2, -0.15) is 0 Å². The minimum absolute atomic E-state index is 0.228. The van der Waals surface area contributed by atoms with Crippen LogP contribution in [0.2, 0.25) is 0 Å². The van der Waals surface area contributed by atoms with E-state index in [1.807, 2.05) is 12.1 Å². The van der Waals surface area contributed by atoms with E-state index in [9.17, 15) is 8.42 Å². The molecule has 124 valence electrons. The van der Waals surface area contributed by atoms with Crippen molar-refractivity contribution >= 4 is 15.7 Å². The highest BCUT2D eigenvalue weighted by molar-refractivity contribution is 7.89. The highest BCUT2D eigenvalue weighted by Crippen LogP contribution is 2.44. The maximum absolute atomic E-state index is 12.7. The van der Waals surface area contributed by atoms with Crippen LogP contribution in [0.3, 0.4) is 0 Å². The first-order valence-corrected chi connectivity index (χ1v) is 9.77. The van der Waals surface area contributed by atoms with E-state index in [0.717, 1.165) is 32.2 Å². The predicted octanol–water partition coefficient (Wildman–Crippen LogP) is 3.66. The van der Waals surface area contributed by atoms with Gasteiger partial charge in [0.1, 0.15) is 4.90 Å². The molecule has 4 nitrogen and oxygen atoms in total. The van der Waals surface area contributed by atoms with Gasteiger partial charge in [-0.15, -0.1) is 0 Å². The maximum Gasteiger partial charge on any atom is 0.263 e. The zero-order chi connectivity index (χ0) is 16.3. The van der Waals surface area contributed by atoms with Crippen LogP contribution in [-0.2, 0) is 10.0 Å². The van der Waals surface area contributed by atoms with Gasteiger partial charge >= 0.3 is 0 Å². The molecule has 23 heavy (non-hydrogen) atoms. The minimum atomic E-state index is -3.59. The minimum Gasteiger partial charge on any atom is -0.384 e. The number of hydrogen-bond donors (Lipinski definition) is 2. The third-order valence-corrected chi connectivity index (χ3v) is 5.94. The first-order chi connectivity index (χ1) is 11.1. The number of benzene rings is 1. The van der Waals surface area contributed by atoms with Crippen molar-refractivity contribution < 1.29 is 8.42 Å². The third-order valence-electron chi connectivity index (χ3n) is 4.48. The Labute approximate surface area is 138 Å². The fourth-order valence-corrected chi connectivity index (χ4v) is 4.33. The van der Waals surface area contributed by atoms with Crippen LogP contribution in [0.5, 0.6) is 0 Å². The van der Waals surface area contributed by atoms with Crippen molar-refractivity contribution in [3.63, 3.8) is 0 Å². The average molecular weight is 332 g/mol. The molecule has 1 fully saturated rings. The van der Waals surface area contributed by atoms with E-state index >= 15 is 0 Å². The van der Waals surface area contributed by atoms with Gasteiger partial charge in [-0.05, 0) is 43.7 Å². The van der Waals surface area contributed by atoms with Gasteiger partial charge in [0.15, 0.2) is 0 Å². The van der Waals surface area contributed by atoms with Gasteiger partial charge in [-0.25, -0.2) is 8.42 Å². The number of nitrogens with one attached hydrogen (secondary N) is 2. The number of allylic oxidation sites excluding steroid dienone is 3. The molecule has 2 N–H and O–H groups in total. The van der Waals surface area contributed by atoms with Crippen molar-refractivity contribution in [2.45, 2.75) is 37.0 Å². The summed E-state index contributed by atoms with van der Waals surface area (Å²) in [4.78, 5) is 0.295. The van der Waals surface area contributed by atoms with Crippen molar-refractivity contribution in [1.82, 2.24) is 4.72 Å². The fraction of sp³-hybridized carbons (Fsp3) is 0.444. The number of rotatable bonds is 0. The fourth-order valence-electron chi connectivity index (χ4n) is 3.04. The van der Waals surface area contributed by atoms with Crippen LogP contribution in [0.4, 0.5) is 5.69 Å². The molecule has 1 saturated carbocycles. The number of fused-ring (bicyclic) bond motifs is 2. The van der Waals surface area contributed by atoms with Crippen molar-refractivity contribution in [3.05, 3.63) is 48.7 Å². The van der Waals surface area contributed by atoms with E-state index in [1.54, 1.807) is 12.1 Å². The highest BCUT2D eigenvalue weighted by atomic mass is 32.2. The quantitative estimate of drug-likeness (QED) is 0.713. The summed E-state index contributed by atoms with van der Waals surface area (Å²) >= 11 is 0. The summed E-state index contributed by atoms with van der Waals surface area (Å²) in [5.41, 5.74) is 1.26. The molecule has 0 saturated heterocycles. The molecule has 1 aromatic rings. The monoisotopic (exact) mass is 332 g/mol. The number of hydrogen-bond acceptors (Lipinski definition) is 3. The standard InChI is InChI=1S/C18H24N2O2S/c1-14-16-13-15(16)9-5-3-2-4-8-12-19-17-10-6-7-11-18(17)23(21,22)20-14/h5-7,9-11,15-16,19-20H,1-4,8,12-13H2/b9-5-/t15-,16?/m1/s1. The predicted molar refractivity (Wildman–Crippen MR) is 93.6 cm³/mol. The van der Waals surface area contributed by atoms with Crippen LogP contribution in [0.1, 0.15) is 32.1 Å². The van der Waals surface area contributed by atoms with E-state index in [1.165, 1.54) is 6.42 Å². The van der Waals surface area contributed by atoms with E-state index in [-0.39, 0.29) is 5.92 Å². The van der Waals surface area contributed by atoms with Crippen LogP contribution < -0.4 is 10.0 Å². The van der Waals surface area contributed by atoms with Crippen molar-refractivity contribution in [3.8, 4) is 0 Å². The molecule has 1 aliphatic carbocycles. The SMILES string of the molecule is C=C1NS(=O)(=O)c2ccccc2NCCCCC/C=C\[C@@H]2CC12. The summed E-state index contributed by atoms with van der Waals surface area (Å²) in [5, 5.41) is 3.26. The second-order valence-corrected chi connectivity index (χ2v) is 7.99. The molecule has 2 aliphatic rings. The number of para-hydroxylation sites is 1. The molecule has 1 aromatic carbocycles. The molecule has 1 aliphatic heterocycles. The van der Waals surface area contributed by atoms with Crippen molar-refractivity contribution in [2.75, 3.05) is 11.9 Å². The maximum atomic E-state index is 12.7. The molecular weight excluding hydrogens is 308 g/mol. The van der Waals surface area contributed by atoms with Crippen LogP contribution >= 0.6 is 0 Å². The number of sulfonamides is 1. The lowest BCUT2D eigenvalue weighted by atomic mass is 10.1. The summed E-state index contributed by atoms with van der Waals surface area (Å²) < 4.78 is 28.0. The Morgan fingerprint density at radius 3 is 2.83 bits per heavy atom. The lowest BCUT2D eigenvalue weighted by Crippen LogP contribution is -2.25. The second-order valence-electron chi connectivity index (χ2n) is 6.34. The molecule has 0 amide bonds. The van der Waals surface area contributed by atoms with Gasteiger partial charge in [0.2, 0.25) is 0 Å². The Balaban J connectivity index is 1.84. The molecule has 1 heterocycles. The van der Waals surface area contributed by atoms with Crippen molar-refractivity contribution in [1.29, 1.82) is 0 Å². The van der Waals surface area contributed by atoms with Gasteiger partial charge < -0.3 is 5.32 Å². The van der Waals surface area contributed by atoms with Gasteiger partial charge in [-0.3, -0.25) is 4.72 Å². The summed E-state index contributed by atoms with van der Waals surface area (Å²) in [6.07, 6.45) is 9.88. The Bertz CT molecular complexity index is 709. The molecule has 1 unspecified atom stereocenters. The topological polar surface area (TPSA) is 58.2 Å². The summed E-state index contributed by atoms with van der Waals surface area (Å²) in [5.74, 6) is 0.662. The van der Waals surface area contributed by atoms with Crippen molar-refractivity contribution in [2.24, 2.45) is 11.8 Å². The van der Waals surface area contributed by atoms with E-state index in [0.29, 0.717) is 22.2 Å². The molecular formula is C18H24N2O2S. The lowest BCUT2D eigenvalue weighted by Gasteiger charge is -2.15. The van der Waals surface area contributed by atoms with E-state index in [2.05, 4.69) is 28.8 Å². The Morgan fingerprint density at radius 1 is 1.13 bits per heavy atom. The Hall–Kier alpha value is -1.75. The third kappa shape index (κ3) is 3.96.